The normalized spacial score (nSPS) is 22.3. The van der Waals surface area contributed by atoms with Gasteiger partial charge in [-0.05, 0) is 36.3 Å². The van der Waals surface area contributed by atoms with Crippen molar-refractivity contribution in [2.75, 3.05) is 13.2 Å². The fraction of sp³-hybridized carbons (Fsp3) is 0.455. The van der Waals surface area contributed by atoms with Crippen LogP contribution in [0, 0.1) is 5.92 Å². The van der Waals surface area contributed by atoms with Gasteiger partial charge >= 0.3 is 0 Å². The molecule has 3 aliphatic rings. The zero-order chi connectivity index (χ0) is 20.2. The number of hydrogen-bond acceptors (Lipinski definition) is 6. The van der Waals surface area contributed by atoms with E-state index in [1.54, 1.807) is 0 Å². The van der Waals surface area contributed by atoms with Gasteiger partial charge in [0, 0.05) is 37.7 Å². The Labute approximate surface area is 173 Å². The van der Waals surface area contributed by atoms with Gasteiger partial charge in [-0.2, -0.15) is 4.98 Å². The Hall–Kier alpha value is -3.00. The number of aryl methyl sites for hydroxylation is 2. The van der Waals surface area contributed by atoms with Crippen LogP contribution in [0.25, 0.3) is 23.0 Å². The number of aliphatic hydroxyl groups is 1. The first-order chi connectivity index (χ1) is 14.7. The zero-order valence-corrected chi connectivity index (χ0v) is 16.6. The number of rotatable bonds is 4. The van der Waals surface area contributed by atoms with Crippen molar-refractivity contribution in [3.8, 4) is 23.0 Å². The molecule has 0 bridgehead atoms. The summed E-state index contributed by atoms with van der Waals surface area (Å²) in [6, 6.07) is 6.12. The molecule has 1 aromatic carbocycles. The monoisotopic (exact) mass is 405 g/mol. The van der Waals surface area contributed by atoms with E-state index in [9.17, 15) is 9.90 Å². The average Bonchev–Trinajstić information content (AvgIpc) is 3.51. The minimum absolute atomic E-state index is 0.0210. The van der Waals surface area contributed by atoms with Crippen molar-refractivity contribution in [1.82, 2.24) is 24.6 Å². The lowest BCUT2D eigenvalue weighted by molar-refractivity contribution is -0.129. The largest absolute Gasteiger partial charge is 0.395 e. The minimum atomic E-state index is -0.0210. The van der Waals surface area contributed by atoms with Crippen molar-refractivity contribution >= 4 is 5.91 Å². The average molecular weight is 405 g/mol. The van der Waals surface area contributed by atoms with Crippen molar-refractivity contribution in [1.29, 1.82) is 0 Å². The Balaban J connectivity index is 1.35. The summed E-state index contributed by atoms with van der Waals surface area (Å²) in [6.45, 7) is 1.34. The van der Waals surface area contributed by atoms with E-state index in [4.69, 9.17) is 4.52 Å². The highest BCUT2D eigenvalue weighted by Crippen LogP contribution is 2.49. The predicted molar refractivity (Wildman–Crippen MR) is 107 cm³/mol. The van der Waals surface area contributed by atoms with Crippen LogP contribution in [0.3, 0.4) is 0 Å². The van der Waals surface area contributed by atoms with Crippen LogP contribution in [0.15, 0.2) is 28.9 Å². The Morgan fingerprint density at radius 1 is 1.20 bits per heavy atom. The van der Waals surface area contributed by atoms with E-state index in [1.165, 1.54) is 18.4 Å². The molecule has 6 rings (SSSR count). The molecule has 1 fully saturated rings. The molecule has 8 heteroatoms. The lowest BCUT2D eigenvalue weighted by Crippen LogP contribution is -2.30. The molecule has 2 aromatic heterocycles. The number of benzene rings is 1. The highest BCUT2D eigenvalue weighted by Gasteiger charge is 2.46. The van der Waals surface area contributed by atoms with E-state index >= 15 is 0 Å². The van der Waals surface area contributed by atoms with Crippen molar-refractivity contribution in [3.63, 3.8) is 0 Å². The molecule has 1 saturated heterocycles. The third-order valence-corrected chi connectivity index (χ3v) is 6.67. The summed E-state index contributed by atoms with van der Waals surface area (Å²) in [4.78, 5) is 23.5. The van der Waals surface area contributed by atoms with E-state index in [0.29, 0.717) is 24.7 Å². The van der Waals surface area contributed by atoms with Gasteiger partial charge in [0.2, 0.25) is 11.7 Å². The summed E-state index contributed by atoms with van der Waals surface area (Å²) >= 11 is 0. The van der Waals surface area contributed by atoms with Gasteiger partial charge in [0.1, 0.15) is 11.5 Å². The highest BCUT2D eigenvalue weighted by molar-refractivity contribution is 5.81. The molecule has 0 unspecified atom stereocenters. The number of β-amino-alcohol motifs (C(OH)–C–C–N with tert-alkyl or cyclic N) is 1. The van der Waals surface area contributed by atoms with Gasteiger partial charge in [-0.1, -0.05) is 23.4 Å². The number of hydrogen-bond donors (Lipinski definition) is 1. The van der Waals surface area contributed by atoms with Crippen LogP contribution in [-0.4, -0.2) is 48.8 Å². The second-order valence-corrected chi connectivity index (χ2v) is 8.41. The third kappa shape index (κ3) is 2.63. The molecule has 4 heterocycles. The number of nitrogens with zero attached hydrogens (tertiary/aromatic N) is 5. The van der Waals surface area contributed by atoms with Crippen molar-refractivity contribution in [2.24, 2.45) is 5.92 Å². The molecule has 2 atom stereocenters. The molecule has 8 nitrogen and oxygen atoms in total. The summed E-state index contributed by atoms with van der Waals surface area (Å²) < 4.78 is 7.76. The topological polar surface area (TPSA) is 97.3 Å². The zero-order valence-electron chi connectivity index (χ0n) is 16.6. The fourth-order valence-corrected chi connectivity index (χ4v) is 5.37. The molecule has 2 aliphatic heterocycles. The van der Waals surface area contributed by atoms with Gasteiger partial charge in [0.05, 0.1) is 12.6 Å². The maximum absolute atomic E-state index is 12.4. The van der Waals surface area contributed by atoms with E-state index in [0.717, 1.165) is 42.0 Å². The van der Waals surface area contributed by atoms with E-state index in [1.807, 2.05) is 23.2 Å². The van der Waals surface area contributed by atoms with Crippen LogP contribution in [0.4, 0.5) is 0 Å². The van der Waals surface area contributed by atoms with Crippen LogP contribution in [0.5, 0.6) is 0 Å². The Bertz CT molecular complexity index is 1110. The van der Waals surface area contributed by atoms with Gasteiger partial charge in [0.25, 0.3) is 5.89 Å². The first-order valence-electron chi connectivity index (χ1n) is 10.7. The molecule has 30 heavy (non-hydrogen) atoms. The molecule has 0 spiro atoms. The van der Waals surface area contributed by atoms with Crippen LogP contribution in [0.2, 0.25) is 0 Å². The maximum Gasteiger partial charge on any atom is 0.278 e. The molecule has 154 valence electrons. The van der Waals surface area contributed by atoms with Crippen LogP contribution in [0.1, 0.15) is 42.3 Å². The van der Waals surface area contributed by atoms with E-state index in [-0.39, 0.29) is 24.5 Å². The SMILES string of the molecule is O=C1C[C@@H]2Cc3c(-c4noc(-c5cn6c(n5)CCCC6)n4)cccc3[C@@H]2N1CCO. The second-order valence-electron chi connectivity index (χ2n) is 8.41. The first-order valence-corrected chi connectivity index (χ1v) is 10.7. The minimum Gasteiger partial charge on any atom is -0.395 e. The van der Waals surface area contributed by atoms with E-state index < -0.39 is 0 Å². The summed E-state index contributed by atoms with van der Waals surface area (Å²) in [7, 11) is 0. The van der Waals surface area contributed by atoms with Crippen molar-refractivity contribution in [2.45, 2.75) is 44.7 Å². The molecule has 0 radical (unpaired) electrons. The van der Waals surface area contributed by atoms with Crippen molar-refractivity contribution < 1.29 is 14.4 Å². The summed E-state index contributed by atoms with van der Waals surface area (Å²) in [5.74, 6) is 2.46. The Morgan fingerprint density at radius 3 is 3.00 bits per heavy atom. The number of carbonyl (C=O) groups is 1. The molecular weight excluding hydrogens is 382 g/mol. The number of likely N-dealkylation sites (tertiary alicyclic amines) is 1. The van der Waals surface area contributed by atoms with Gasteiger partial charge in [-0.15, -0.1) is 0 Å². The second kappa shape index (κ2) is 6.77. The van der Waals surface area contributed by atoms with Gasteiger partial charge in [-0.25, -0.2) is 4.98 Å². The third-order valence-electron chi connectivity index (χ3n) is 6.67. The van der Waals surface area contributed by atoms with Crippen molar-refractivity contribution in [3.05, 3.63) is 41.3 Å². The Morgan fingerprint density at radius 2 is 2.13 bits per heavy atom. The lowest BCUT2D eigenvalue weighted by Gasteiger charge is -2.24. The van der Waals surface area contributed by atoms with Crippen LogP contribution in [-0.2, 0) is 24.2 Å². The highest BCUT2D eigenvalue weighted by atomic mass is 16.5. The van der Waals surface area contributed by atoms with E-state index in [2.05, 4.69) is 25.8 Å². The Kier molecular flexibility index (Phi) is 4.02. The number of imidazole rings is 1. The number of amides is 1. The van der Waals surface area contributed by atoms with Gasteiger partial charge < -0.3 is 19.1 Å². The molecule has 1 aliphatic carbocycles. The summed E-state index contributed by atoms with van der Waals surface area (Å²) in [5.41, 5.74) is 4.01. The summed E-state index contributed by atoms with van der Waals surface area (Å²) in [5, 5.41) is 13.6. The summed E-state index contributed by atoms with van der Waals surface area (Å²) in [6.07, 6.45) is 6.66. The van der Waals surface area contributed by atoms with Gasteiger partial charge in [0.15, 0.2) is 0 Å². The molecular formula is C22H23N5O3. The maximum atomic E-state index is 12.4. The van der Waals surface area contributed by atoms with Gasteiger partial charge in [-0.3, -0.25) is 4.79 Å². The van der Waals surface area contributed by atoms with Crippen LogP contribution >= 0.6 is 0 Å². The fourth-order valence-electron chi connectivity index (χ4n) is 5.37. The predicted octanol–water partition coefficient (Wildman–Crippen LogP) is 2.37. The molecule has 1 N–H and O–H groups in total. The molecule has 3 aromatic rings. The standard InChI is InChI=1S/C22H23N5O3/c28-9-8-27-19(29)11-13-10-16-14(20(13)27)4-3-5-15(16)21-24-22(30-25-21)17-12-26-7-2-1-6-18(26)23-17/h3-5,12-13,20,28H,1-2,6-11H2/t13-,20+/m0/s1. The lowest BCUT2D eigenvalue weighted by atomic mass is 10.0. The number of carbonyl (C=O) groups excluding carboxylic acids is 1. The number of fused-ring (bicyclic) bond motifs is 4. The first kappa shape index (κ1) is 17.8. The molecule has 0 saturated carbocycles. The van der Waals surface area contributed by atoms with Crippen LogP contribution < -0.4 is 0 Å². The number of aliphatic hydroxyl groups excluding tert-OH is 1. The quantitative estimate of drug-likeness (QED) is 0.716. The number of aromatic nitrogens is 4. The molecule has 1 amide bonds. The smallest absolute Gasteiger partial charge is 0.278 e.